The summed E-state index contributed by atoms with van der Waals surface area (Å²) in [4.78, 5) is 11.2. The highest BCUT2D eigenvalue weighted by Gasteiger charge is 2.31. The smallest absolute Gasteiger partial charge is 0.349 e. The van der Waals surface area contributed by atoms with E-state index in [1.165, 1.54) is 6.07 Å². The van der Waals surface area contributed by atoms with Crippen molar-refractivity contribution in [2.24, 2.45) is 0 Å². The Balaban J connectivity index is 2.24. The number of benzene rings is 1. The molecule has 2 rings (SSSR count). The lowest BCUT2D eigenvalue weighted by Crippen LogP contribution is -2.32. The third kappa shape index (κ3) is 2.78. The summed E-state index contributed by atoms with van der Waals surface area (Å²) in [5.74, 6) is -0.0985. The van der Waals surface area contributed by atoms with Crippen LogP contribution in [-0.2, 0) is 11.0 Å². The highest BCUT2D eigenvalue weighted by atomic mass is 19.4. The van der Waals surface area contributed by atoms with Crippen LogP contribution in [-0.4, -0.2) is 5.91 Å². The van der Waals surface area contributed by atoms with Crippen LogP contribution in [0.3, 0.4) is 0 Å². The number of rotatable bonds is 1. The first-order valence-corrected chi connectivity index (χ1v) is 5.43. The quantitative estimate of drug-likeness (QED) is 0.807. The highest BCUT2D eigenvalue weighted by molar-refractivity contribution is 5.77. The first-order chi connectivity index (χ1) is 7.97. The van der Waals surface area contributed by atoms with Gasteiger partial charge in [0.15, 0.2) is 0 Å². The van der Waals surface area contributed by atoms with Crippen LogP contribution in [0.5, 0.6) is 0 Å². The molecule has 1 aliphatic rings. The fraction of sp³-hybridized carbons (Fsp3) is 0.417. The van der Waals surface area contributed by atoms with E-state index in [2.05, 4.69) is 5.32 Å². The van der Waals surface area contributed by atoms with E-state index in [9.17, 15) is 18.0 Å². The van der Waals surface area contributed by atoms with Gasteiger partial charge in [0.25, 0.3) is 0 Å². The van der Waals surface area contributed by atoms with Crippen molar-refractivity contribution >= 4 is 5.91 Å². The van der Waals surface area contributed by atoms with Crippen molar-refractivity contribution in [1.82, 2.24) is 5.32 Å². The first kappa shape index (κ1) is 12.0. The van der Waals surface area contributed by atoms with E-state index < -0.39 is 11.7 Å². The molecule has 5 heteroatoms. The zero-order valence-electron chi connectivity index (χ0n) is 9.05. The van der Waals surface area contributed by atoms with Gasteiger partial charge >= 0.3 is 6.18 Å². The molecule has 0 spiro atoms. The number of halogens is 3. The minimum atomic E-state index is -4.34. The van der Waals surface area contributed by atoms with Crippen LogP contribution in [0.15, 0.2) is 24.3 Å². The van der Waals surface area contributed by atoms with Gasteiger partial charge in [-0.1, -0.05) is 12.1 Å². The Kier molecular flexibility index (Phi) is 3.09. The summed E-state index contributed by atoms with van der Waals surface area (Å²) in [6.07, 6.45) is -2.48. The first-order valence-electron chi connectivity index (χ1n) is 5.43. The van der Waals surface area contributed by atoms with Crippen LogP contribution < -0.4 is 5.32 Å². The van der Waals surface area contributed by atoms with Gasteiger partial charge in [-0.15, -0.1) is 0 Å². The minimum absolute atomic E-state index is 0.0985. The van der Waals surface area contributed by atoms with Crippen molar-refractivity contribution < 1.29 is 18.0 Å². The van der Waals surface area contributed by atoms with E-state index in [1.54, 1.807) is 6.07 Å². The minimum Gasteiger partial charge on any atom is -0.349 e. The van der Waals surface area contributed by atoms with E-state index in [1.807, 2.05) is 0 Å². The molecule has 1 atom stereocenters. The Morgan fingerprint density at radius 1 is 1.29 bits per heavy atom. The van der Waals surface area contributed by atoms with Crippen LogP contribution in [0.2, 0.25) is 0 Å². The highest BCUT2D eigenvalue weighted by Crippen LogP contribution is 2.32. The van der Waals surface area contributed by atoms with Crippen LogP contribution in [0.4, 0.5) is 13.2 Å². The molecule has 1 N–H and O–H groups in total. The largest absolute Gasteiger partial charge is 0.416 e. The molecule has 1 saturated heterocycles. The second kappa shape index (κ2) is 4.39. The molecule has 1 unspecified atom stereocenters. The maximum Gasteiger partial charge on any atom is 0.416 e. The number of amides is 1. The summed E-state index contributed by atoms with van der Waals surface area (Å²) in [5, 5.41) is 2.71. The maximum atomic E-state index is 12.5. The molecule has 17 heavy (non-hydrogen) atoms. The Labute approximate surface area is 96.8 Å². The van der Waals surface area contributed by atoms with Crippen LogP contribution >= 0.6 is 0 Å². The molecule has 1 aromatic rings. The Morgan fingerprint density at radius 2 is 2.06 bits per heavy atom. The van der Waals surface area contributed by atoms with Crippen LogP contribution in [0.1, 0.15) is 36.4 Å². The molecule has 1 aliphatic heterocycles. The molecule has 1 fully saturated rings. The molecule has 1 amide bonds. The molecule has 0 aromatic heterocycles. The number of nitrogens with one attached hydrogen (secondary N) is 1. The number of piperidine rings is 1. The molecule has 1 heterocycles. The molecule has 0 aliphatic carbocycles. The fourth-order valence-electron chi connectivity index (χ4n) is 1.99. The van der Waals surface area contributed by atoms with Gasteiger partial charge in [0.05, 0.1) is 11.6 Å². The Morgan fingerprint density at radius 3 is 2.71 bits per heavy atom. The second-order valence-corrected chi connectivity index (χ2v) is 4.14. The van der Waals surface area contributed by atoms with E-state index in [4.69, 9.17) is 0 Å². The number of hydrogen-bond acceptors (Lipinski definition) is 1. The van der Waals surface area contributed by atoms with E-state index in [0.29, 0.717) is 24.8 Å². The lowest BCUT2D eigenvalue weighted by Gasteiger charge is -2.24. The van der Waals surface area contributed by atoms with Gasteiger partial charge in [0.2, 0.25) is 5.91 Å². The molecule has 0 saturated carbocycles. The average molecular weight is 243 g/mol. The molecule has 92 valence electrons. The molecule has 2 nitrogen and oxygen atoms in total. The number of hydrogen-bond donors (Lipinski definition) is 1. The second-order valence-electron chi connectivity index (χ2n) is 4.14. The van der Waals surface area contributed by atoms with Gasteiger partial charge in [-0.2, -0.15) is 13.2 Å². The summed E-state index contributed by atoms with van der Waals surface area (Å²) >= 11 is 0. The lowest BCUT2D eigenvalue weighted by atomic mass is 9.96. The summed E-state index contributed by atoms with van der Waals surface area (Å²) in [6.45, 7) is 0. The fourth-order valence-corrected chi connectivity index (χ4v) is 1.99. The van der Waals surface area contributed by atoms with Gasteiger partial charge < -0.3 is 5.32 Å². The van der Waals surface area contributed by atoms with Crippen molar-refractivity contribution in [2.75, 3.05) is 0 Å². The van der Waals surface area contributed by atoms with E-state index in [0.717, 1.165) is 12.1 Å². The zero-order chi connectivity index (χ0) is 12.5. The molecule has 1 aromatic carbocycles. The number of alkyl halides is 3. The number of carbonyl (C=O) groups excluding carboxylic acids is 1. The normalized spacial score (nSPS) is 21.1. The molecular formula is C12H12F3NO. The van der Waals surface area contributed by atoms with Gasteiger partial charge in [0.1, 0.15) is 0 Å². The zero-order valence-corrected chi connectivity index (χ0v) is 9.05. The maximum absolute atomic E-state index is 12.5. The molecular weight excluding hydrogens is 231 g/mol. The predicted octanol–water partition coefficient (Wildman–Crippen LogP) is 3.05. The third-order valence-electron chi connectivity index (χ3n) is 2.85. The Hall–Kier alpha value is -1.52. The predicted molar refractivity (Wildman–Crippen MR) is 56.2 cm³/mol. The van der Waals surface area contributed by atoms with Gasteiger partial charge in [-0.25, -0.2) is 0 Å². The monoisotopic (exact) mass is 243 g/mol. The molecule has 0 bridgehead atoms. The van der Waals surface area contributed by atoms with Crippen molar-refractivity contribution in [3.05, 3.63) is 35.4 Å². The van der Waals surface area contributed by atoms with Crippen molar-refractivity contribution in [3.63, 3.8) is 0 Å². The third-order valence-corrected chi connectivity index (χ3v) is 2.85. The van der Waals surface area contributed by atoms with Crippen LogP contribution in [0, 0.1) is 0 Å². The van der Waals surface area contributed by atoms with Crippen molar-refractivity contribution in [3.8, 4) is 0 Å². The molecule has 0 radical (unpaired) electrons. The van der Waals surface area contributed by atoms with Crippen LogP contribution in [0.25, 0.3) is 0 Å². The van der Waals surface area contributed by atoms with Gasteiger partial charge in [-0.05, 0) is 30.5 Å². The average Bonchev–Trinajstić information content (AvgIpc) is 2.28. The summed E-state index contributed by atoms with van der Waals surface area (Å²) in [6, 6.07) is 4.84. The van der Waals surface area contributed by atoms with E-state index >= 15 is 0 Å². The topological polar surface area (TPSA) is 29.1 Å². The Bertz CT molecular complexity index is 428. The van der Waals surface area contributed by atoms with Crippen molar-refractivity contribution in [1.29, 1.82) is 0 Å². The lowest BCUT2D eigenvalue weighted by molar-refractivity contribution is -0.137. The van der Waals surface area contributed by atoms with Gasteiger partial charge in [-0.3, -0.25) is 4.79 Å². The standard InChI is InChI=1S/C12H12F3NO/c13-12(14,15)9-4-1-3-8(7-9)10-5-2-6-11(17)16-10/h1,3-4,7,10H,2,5-6H2,(H,16,17). The van der Waals surface area contributed by atoms with Gasteiger partial charge in [0, 0.05) is 6.42 Å². The van der Waals surface area contributed by atoms with E-state index in [-0.39, 0.29) is 11.9 Å². The number of carbonyl (C=O) groups is 1. The summed E-state index contributed by atoms with van der Waals surface area (Å²) in [7, 11) is 0. The van der Waals surface area contributed by atoms with Crippen molar-refractivity contribution in [2.45, 2.75) is 31.5 Å². The summed E-state index contributed by atoms with van der Waals surface area (Å²) < 4.78 is 37.6. The SMILES string of the molecule is O=C1CCCC(c2cccc(C(F)(F)F)c2)N1. The summed E-state index contributed by atoms with van der Waals surface area (Å²) in [5.41, 5.74) is -0.150.